The van der Waals surface area contributed by atoms with Crippen molar-refractivity contribution >= 4 is 5.97 Å². The van der Waals surface area contributed by atoms with Crippen molar-refractivity contribution in [2.45, 2.75) is 19.4 Å². The summed E-state index contributed by atoms with van der Waals surface area (Å²) in [4.78, 5) is 15.5. The van der Waals surface area contributed by atoms with Gasteiger partial charge in [-0.15, -0.1) is 0 Å². The van der Waals surface area contributed by atoms with E-state index in [1.54, 1.807) is 12.3 Å². The molecule has 19 heavy (non-hydrogen) atoms. The van der Waals surface area contributed by atoms with Crippen molar-refractivity contribution in [2.75, 3.05) is 0 Å². The number of rotatable bonds is 3. The van der Waals surface area contributed by atoms with Crippen molar-refractivity contribution in [3.63, 3.8) is 0 Å². The van der Waals surface area contributed by atoms with E-state index >= 15 is 0 Å². The zero-order valence-electron chi connectivity index (χ0n) is 10.9. The smallest absolute Gasteiger partial charge is 0.329 e. The van der Waals surface area contributed by atoms with Gasteiger partial charge in [0, 0.05) is 11.8 Å². The van der Waals surface area contributed by atoms with Crippen LogP contribution in [0.15, 0.2) is 42.6 Å². The van der Waals surface area contributed by atoms with E-state index in [9.17, 15) is 9.90 Å². The van der Waals surface area contributed by atoms with Gasteiger partial charge >= 0.3 is 5.97 Å². The number of aromatic nitrogens is 1. The molecule has 98 valence electrons. The Hall–Kier alpha value is -2.20. The number of hydrogen-bond acceptors (Lipinski definition) is 3. The summed E-state index contributed by atoms with van der Waals surface area (Å²) in [5.41, 5.74) is 7.52. The van der Waals surface area contributed by atoms with E-state index in [0.29, 0.717) is 5.69 Å². The molecule has 0 aliphatic carbocycles. The number of carbonyl (C=O) groups is 1. The second kappa shape index (κ2) is 4.82. The van der Waals surface area contributed by atoms with E-state index in [2.05, 4.69) is 4.98 Å². The van der Waals surface area contributed by atoms with Gasteiger partial charge in [-0.25, -0.2) is 4.79 Å². The zero-order valence-corrected chi connectivity index (χ0v) is 10.9. The average molecular weight is 256 g/mol. The molecule has 0 aliphatic heterocycles. The zero-order chi connectivity index (χ0) is 14.0. The van der Waals surface area contributed by atoms with Crippen LogP contribution < -0.4 is 5.73 Å². The molecule has 0 radical (unpaired) electrons. The molecule has 3 N–H and O–H groups in total. The second-order valence-corrected chi connectivity index (χ2v) is 4.72. The number of benzene rings is 1. The highest BCUT2D eigenvalue weighted by Gasteiger charge is 2.34. The maximum Gasteiger partial charge on any atom is 0.329 e. The molecule has 4 heteroatoms. The van der Waals surface area contributed by atoms with Crippen LogP contribution in [0, 0.1) is 6.92 Å². The second-order valence-electron chi connectivity index (χ2n) is 4.72. The van der Waals surface area contributed by atoms with Crippen molar-refractivity contribution in [1.82, 2.24) is 4.98 Å². The Labute approximate surface area is 111 Å². The number of carboxylic acid groups (broad SMARTS) is 1. The Morgan fingerprint density at radius 1 is 1.21 bits per heavy atom. The molecule has 0 spiro atoms. The summed E-state index contributed by atoms with van der Waals surface area (Å²) in [7, 11) is 0. The standard InChI is InChI=1S/C15H16N2O2/c1-10-6-3-4-7-11(10)12-8-5-9-17-13(12)15(2,16)14(18)19/h3-9H,16H2,1-2H3,(H,18,19). The van der Waals surface area contributed by atoms with E-state index < -0.39 is 11.5 Å². The molecule has 0 fully saturated rings. The maximum absolute atomic E-state index is 11.3. The summed E-state index contributed by atoms with van der Waals surface area (Å²) < 4.78 is 0. The first-order valence-electron chi connectivity index (χ1n) is 5.98. The summed E-state index contributed by atoms with van der Waals surface area (Å²) in [6.45, 7) is 3.43. The lowest BCUT2D eigenvalue weighted by molar-refractivity contribution is -0.143. The molecule has 1 aromatic heterocycles. The first-order valence-corrected chi connectivity index (χ1v) is 5.98. The highest BCUT2D eigenvalue weighted by atomic mass is 16.4. The summed E-state index contributed by atoms with van der Waals surface area (Å²) in [6, 6.07) is 11.4. The third-order valence-corrected chi connectivity index (χ3v) is 3.18. The van der Waals surface area contributed by atoms with E-state index in [-0.39, 0.29) is 0 Å². The van der Waals surface area contributed by atoms with Crippen molar-refractivity contribution in [2.24, 2.45) is 5.73 Å². The minimum Gasteiger partial charge on any atom is -0.480 e. The number of carboxylic acids is 1. The Morgan fingerprint density at radius 2 is 1.84 bits per heavy atom. The molecule has 1 heterocycles. The van der Waals surface area contributed by atoms with Crippen LogP contribution in [0.2, 0.25) is 0 Å². The van der Waals surface area contributed by atoms with E-state index in [0.717, 1.165) is 16.7 Å². The van der Waals surface area contributed by atoms with Crippen LogP contribution in [0.4, 0.5) is 0 Å². The van der Waals surface area contributed by atoms with E-state index in [4.69, 9.17) is 5.73 Å². The number of pyridine rings is 1. The average Bonchev–Trinajstić information content (AvgIpc) is 2.39. The summed E-state index contributed by atoms with van der Waals surface area (Å²) in [6.07, 6.45) is 1.56. The molecule has 2 rings (SSSR count). The number of hydrogen-bond donors (Lipinski definition) is 2. The number of aryl methyl sites for hydroxylation is 1. The number of nitrogens with zero attached hydrogens (tertiary/aromatic N) is 1. The van der Waals surface area contributed by atoms with Gasteiger partial charge in [0.25, 0.3) is 0 Å². The molecule has 0 saturated heterocycles. The van der Waals surface area contributed by atoms with Crippen molar-refractivity contribution < 1.29 is 9.90 Å². The monoisotopic (exact) mass is 256 g/mol. The van der Waals surface area contributed by atoms with E-state index in [1.165, 1.54) is 6.92 Å². The van der Waals surface area contributed by atoms with Crippen LogP contribution in [-0.2, 0) is 10.3 Å². The Bertz CT molecular complexity index is 621. The van der Waals surface area contributed by atoms with Crippen molar-refractivity contribution in [1.29, 1.82) is 0 Å². The van der Waals surface area contributed by atoms with Crippen LogP contribution >= 0.6 is 0 Å². The third kappa shape index (κ3) is 2.35. The summed E-state index contributed by atoms with van der Waals surface area (Å²) in [5.74, 6) is -1.10. The lowest BCUT2D eigenvalue weighted by Gasteiger charge is -2.22. The quantitative estimate of drug-likeness (QED) is 0.883. The van der Waals surface area contributed by atoms with Crippen LogP contribution in [0.3, 0.4) is 0 Å². The highest BCUT2D eigenvalue weighted by molar-refractivity contribution is 5.83. The fourth-order valence-corrected chi connectivity index (χ4v) is 2.01. The molecular formula is C15H16N2O2. The lowest BCUT2D eigenvalue weighted by atomic mass is 9.89. The fraction of sp³-hybridized carbons (Fsp3) is 0.200. The maximum atomic E-state index is 11.3. The van der Waals surface area contributed by atoms with Crippen molar-refractivity contribution in [3.05, 3.63) is 53.9 Å². The molecular weight excluding hydrogens is 240 g/mol. The summed E-state index contributed by atoms with van der Waals surface area (Å²) >= 11 is 0. The third-order valence-electron chi connectivity index (χ3n) is 3.18. The molecule has 0 amide bonds. The first-order chi connectivity index (χ1) is 8.94. The SMILES string of the molecule is Cc1ccccc1-c1cccnc1C(C)(N)C(=O)O. The predicted molar refractivity (Wildman–Crippen MR) is 73.6 cm³/mol. The predicted octanol–water partition coefficient (Wildman–Crippen LogP) is 2.32. The fourth-order valence-electron chi connectivity index (χ4n) is 2.01. The van der Waals surface area contributed by atoms with Gasteiger partial charge in [-0.2, -0.15) is 0 Å². The van der Waals surface area contributed by atoms with Crippen LogP contribution in [-0.4, -0.2) is 16.1 Å². The normalized spacial score (nSPS) is 13.8. The van der Waals surface area contributed by atoms with Crippen LogP contribution in [0.1, 0.15) is 18.2 Å². The van der Waals surface area contributed by atoms with Gasteiger partial charge in [0.15, 0.2) is 5.54 Å². The molecule has 0 saturated carbocycles. The van der Waals surface area contributed by atoms with Gasteiger partial charge in [-0.1, -0.05) is 30.3 Å². The Morgan fingerprint density at radius 3 is 2.47 bits per heavy atom. The van der Waals surface area contributed by atoms with Gasteiger partial charge in [-0.3, -0.25) is 4.98 Å². The van der Waals surface area contributed by atoms with Gasteiger partial charge in [0.2, 0.25) is 0 Å². The van der Waals surface area contributed by atoms with Crippen LogP contribution in [0.5, 0.6) is 0 Å². The lowest BCUT2D eigenvalue weighted by Crippen LogP contribution is -2.42. The van der Waals surface area contributed by atoms with Gasteiger partial charge in [0.05, 0.1) is 5.69 Å². The molecule has 4 nitrogen and oxygen atoms in total. The Balaban J connectivity index is 2.67. The molecule has 1 aromatic carbocycles. The number of nitrogens with two attached hydrogens (primary N) is 1. The van der Waals surface area contributed by atoms with Gasteiger partial charge in [0.1, 0.15) is 0 Å². The molecule has 0 aliphatic rings. The number of aliphatic carboxylic acids is 1. The minimum atomic E-state index is -1.52. The molecule has 1 atom stereocenters. The van der Waals surface area contributed by atoms with Crippen LogP contribution in [0.25, 0.3) is 11.1 Å². The molecule has 2 aromatic rings. The van der Waals surface area contributed by atoms with Gasteiger partial charge in [-0.05, 0) is 31.0 Å². The van der Waals surface area contributed by atoms with E-state index in [1.807, 2.05) is 37.3 Å². The summed E-state index contributed by atoms with van der Waals surface area (Å²) in [5, 5.41) is 9.27. The minimum absolute atomic E-state index is 0.372. The first kappa shape index (κ1) is 13.2. The topological polar surface area (TPSA) is 76.2 Å². The molecule has 0 bridgehead atoms. The largest absolute Gasteiger partial charge is 0.480 e. The highest BCUT2D eigenvalue weighted by Crippen LogP contribution is 2.30. The Kier molecular flexibility index (Phi) is 3.36. The molecule has 1 unspecified atom stereocenters. The van der Waals surface area contributed by atoms with Gasteiger partial charge < -0.3 is 10.8 Å². The van der Waals surface area contributed by atoms with Crippen molar-refractivity contribution in [3.8, 4) is 11.1 Å².